The summed E-state index contributed by atoms with van der Waals surface area (Å²) >= 11 is 0. The molecule has 1 aliphatic heterocycles. The highest BCUT2D eigenvalue weighted by Gasteiger charge is 2.39. The van der Waals surface area contributed by atoms with Gasteiger partial charge in [-0.25, -0.2) is 9.59 Å². The first-order chi connectivity index (χ1) is 6.65. The standard InChI is InChI=1S/C8H12N2O4/c11-7(12)9-4-1-2-5-6(3-4)14-8(13)10-5/h4-6,9H,1-3H2,(H,10,13)(H,11,12)/t4-,5-,6+/m1/s1. The van der Waals surface area contributed by atoms with Gasteiger partial charge < -0.3 is 20.5 Å². The maximum atomic E-state index is 10.9. The molecule has 0 aromatic rings. The predicted molar refractivity (Wildman–Crippen MR) is 46.0 cm³/mol. The molecule has 0 unspecified atom stereocenters. The molecule has 78 valence electrons. The number of carbonyl (C=O) groups excluding carboxylic acids is 1. The molecule has 2 aliphatic rings. The zero-order valence-electron chi connectivity index (χ0n) is 7.53. The number of nitrogens with one attached hydrogen (secondary N) is 2. The van der Waals surface area contributed by atoms with Crippen molar-refractivity contribution in [3.8, 4) is 0 Å². The molecular weight excluding hydrogens is 188 g/mol. The first-order valence-corrected chi connectivity index (χ1v) is 4.62. The van der Waals surface area contributed by atoms with Gasteiger partial charge in [-0.1, -0.05) is 0 Å². The SMILES string of the molecule is O=C(O)N[C@@H]1CC[C@H]2NC(=O)O[C@H]2C1. The number of alkyl carbamates (subject to hydrolysis) is 1. The zero-order valence-corrected chi connectivity index (χ0v) is 7.53. The van der Waals surface area contributed by atoms with E-state index in [1.165, 1.54) is 0 Å². The molecule has 0 aromatic heterocycles. The summed E-state index contributed by atoms with van der Waals surface area (Å²) in [6, 6.07) is -0.0317. The van der Waals surface area contributed by atoms with E-state index >= 15 is 0 Å². The van der Waals surface area contributed by atoms with Crippen LogP contribution in [0.4, 0.5) is 9.59 Å². The van der Waals surface area contributed by atoms with Crippen LogP contribution in [-0.2, 0) is 4.74 Å². The van der Waals surface area contributed by atoms with Crippen LogP contribution in [0.1, 0.15) is 19.3 Å². The molecule has 3 atom stereocenters. The van der Waals surface area contributed by atoms with Gasteiger partial charge in [-0.05, 0) is 12.8 Å². The maximum absolute atomic E-state index is 10.9. The Labute approximate surface area is 80.6 Å². The lowest BCUT2D eigenvalue weighted by atomic mass is 9.89. The average Bonchev–Trinajstić information content (AvgIpc) is 2.42. The average molecular weight is 200 g/mol. The molecule has 0 bridgehead atoms. The van der Waals surface area contributed by atoms with Crippen molar-refractivity contribution in [1.29, 1.82) is 0 Å². The number of carboxylic acid groups (broad SMARTS) is 1. The van der Waals surface area contributed by atoms with Crippen LogP contribution in [0.15, 0.2) is 0 Å². The van der Waals surface area contributed by atoms with Crippen molar-refractivity contribution >= 4 is 12.2 Å². The predicted octanol–water partition coefficient (Wildman–Crippen LogP) is 0.283. The molecule has 6 heteroatoms. The van der Waals surface area contributed by atoms with Gasteiger partial charge in [0.1, 0.15) is 6.10 Å². The Bertz CT molecular complexity index is 268. The van der Waals surface area contributed by atoms with Crippen molar-refractivity contribution in [3.05, 3.63) is 0 Å². The molecule has 2 rings (SSSR count). The number of rotatable bonds is 1. The fourth-order valence-electron chi connectivity index (χ4n) is 2.05. The van der Waals surface area contributed by atoms with Gasteiger partial charge >= 0.3 is 12.2 Å². The van der Waals surface area contributed by atoms with Crippen molar-refractivity contribution in [2.45, 2.75) is 37.5 Å². The van der Waals surface area contributed by atoms with Crippen molar-refractivity contribution in [3.63, 3.8) is 0 Å². The Morgan fingerprint density at radius 2 is 2.36 bits per heavy atom. The molecule has 2 fully saturated rings. The molecule has 0 aromatic carbocycles. The number of fused-ring (bicyclic) bond motifs is 1. The quantitative estimate of drug-likeness (QED) is 0.567. The highest BCUT2D eigenvalue weighted by Crippen LogP contribution is 2.25. The highest BCUT2D eigenvalue weighted by atomic mass is 16.6. The van der Waals surface area contributed by atoms with Gasteiger partial charge in [-0.3, -0.25) is 0 Å². The first-order valence-electron chi connectivity index (χ1n) is 4.62. The summed E-state index contributed by atoms with van der Waals surface area (Å²) in [4.78, 5) is 21.3. The molecular formula is C8H12N2O4. The molecule has 14 heavy (non-hydrogen) atoms. The Morgan fingerprint density at radius 3 is 3.07 bits per heavy atom. The van der Waals surface area contributed by atoms with Gasteiger partial charge in [0.2, 0.25) is 0 Å². The number of amides is 2. The molecule has 0 spiro atoms. The second-order valence-corrected chi connectivity index (χ2v) is 3.65. The Balaban J connectivity index is 1.91. The van der Waals surface area contributed by atoms with E-state index in [9.17, 15) is 9.59 Å². The summed E-state index contributed by atoms with van der Waals surface area (Å²) in [5, 5.41) is 13.6. The smallest absolute Gasteiger partial charge is 0.407 e. The normalized spacial score (nSPS) is 35.4. The number of carbonyl (C=O) groups is 2. The Hall–Kier alpha value is -1.46. The minimum Gasteiger partial charge on any atom is -0.465 e. The largest absolute Gasteiger partial charge is 0.465 e. The van der Waals surface area contributed by atoms with Crippen molar-refractivity contribution in [2.75, 3.05) is 0 Å². The van der Waals surface area contributed by atoms with E-state index in [2.05, 4.69) is 10.6 Å². The van der Waals surface area contributed by atoms with Crippen LogP contribution in [0.25, 0.3) is 0 Å². The molecule has 1 heterocycles. The van der Waals surface area contributed by atoms with Crippen LogP contribution in [-0.4, -0.2) is 35.5 Å². The second-order valence-electron chi connectivity index (χ2n) is 3.65. The number of hydrogen-bond acceptors (Lipinski definition) is 3. The van der Waals surface area contributed by atoms with Gasteiger partial charge in [0.15, 0.2) is 0 Å². The van der Waals surface area contributed by atoms with Gasteiger partial charge in [-0.2, -0.15) is 0 Å². The fourth-order valence-corrected chi connectivity index (χ4v) is 2.05. The first kappa shape index (κ1) is 9.11. The lowest BCUT2D eigenvalue weighted by Crippen LogP contribution is -2.45. The minimum atomic E-state index is -1.02. The number of ether oxygens (including phenoxy) is 1. The van der Waals surface area contributed by atoms with E-state index in [1.54, 1.807) is 0 Å². The van der Waals surface area contributed by atoms with E-state index in [4.69, 9.17) is 9.84 Å². The molecule has 1 saturated heterocycles. The van der Waals surface area contributed by atoms with Crippen molar-refractivity contribution in [2.24, 2.45) is 0 Å². The van der Waals surface area contributed by atoms with Gasteiger partial charge in [0, 0.05) is 12.5 Å². The van der Waals surface area contributed by atoms with E-state index in [1.807, 2.05) is 0 Å². The minimum absolute atomic E-state index is 0.0642. The number of hydrogen-bond donors (Lipinski definition) is 3. The summed E-state index contributed by atoms with van der Waals surface area (Å²) < 4.78 is 4.99. The van der Waals surface area contributed by atoms with Crippen LogP contribution < -0.4 is 10.6 Å². The van der Waals surface area contributed by atoms with Gasteiger partial charge in [0.05, 0.1) is 6.04 Å². The van der Waals surface area contributed by atoms with Crippen molar-refractivity contribution in [1.82, 2.24) is 10.6 Å². The summed E-state index contributed by atoms with van der Waals surface area (Å²) in [6.45, 7) is 0. The summed E-state index contributed by atoms with van der Waals surface area (Å²) in [5.74, 6) is 0. The summed E-state index contributed by atoms with van der Waals surface area (Å²) in [5.41, 5.74) is 0. The topological polar surface area (TPSA) is 87.7 Å². The van der Waals surface area contributed by atoms with E-state index in [0.29, 0.717) is 6.42 Å². The summed E-state index contributed by atoms with van der Waals surface area (Å²) in [6.07, 6.45) is 0.489. The maximum Gasteiger partial charge on any atom is 0.407 e. The van der Waals surface area contributed by atoms with Crippen molar-refractivity contribution < 1.29 is 19.4 Å². The summed E-state index contributed by atoms with van der Waals surface area (Å²) in [7, 11) is 0. The molecule has 3 N–H and O–H groups in total. The Morgan fingerprint density at radius 1 is 1.57 bits per heavy atom. The molecule has 1 aliphatic carbocycles. The third kappa shape index (κ3) is 1.73. The van der Waals surface area contributed by atoms with E-state index in [-0.39, 0.29) is 18.2 Å². The van der Waals surface area contributed by atoms with Crippen LogP contribution in [0.3, 0.4) is 0 Å². The highest BCUT2D eigenvalue weighted by molar-refractivity contribution is 5.70. The third-order valence-electron chi connectivity index (χ3n) is 2.68. The lowest BCUT2D eigenvalue weighted by molar-refractivity contribution is 0.101. The van der Waals surface area contributed by atoms with E-state index < -0.39 is 12.2 Å². The van der Waals surface area contributed by atoms with Crippen LogP contribution in [0, 0.1) is 0 Å². The van der Waals surface area contributed by atoms with Crippen LogP contribution >= 0.6 is 0 Å². The van der Waals surface area contributed by atoms with Gasteiger partial charge in [0.25, 0.3) is 0 Å². The third-order valence-corrected chi connectivity index (χ3v) is 2.68. The van der Waals surface area contributed by atoms with E-state index in [0.717, 1.165) is 12.8 Å². The van der Waals surface area contributed by atoms with Crippen LogP contribution in [0.2, 0.25) is 0 Å². The monoisotopic (exact) mass is 200 g/mol. The second kappa shape index (κ2) is 3.36. The molecule has 1 saturated carbocycles. The zero-order chi connectivity index (χ0) is 10.1. The molecule has 2 amide bonds. The molecule has 0 radical (unpaired) electrons. The van der Waals surface area contributed by atoms with Crippen LogP contribution in [0.5, 0.6) is 0 Å². The molecule has 6 nitrogen and oxygen atoms in total. The lowest BCUT2D eigenvalue weighted by Gasteiger charge is -2.28. The fraction of sp³-hybridized carbons (Fsp3) is 0.750. The Kier molecular flexibility index (Phi) is 2.18. The van der Waals surface area contributed by atoms with Gasteiger partial charge in [-0.15, -0.1) is 0 Å².